The van der Waals surface area contributed by atoms with E-state index in [-0.39, 0.29) is 12.0 Å². The van der Waals surface area contributed by atoms with Gasteiger partial charge in [0.2, 0.25) is 5.95 Å². The molecule has 3 aromatic rings. The molecule has 2 fully saturated rings. The van der Waals surface area contributed by atoms with E-state index in [0.717, 1.165) is 54.4 Å². The number of ether oxygens (including phenoxy) is 2. The highest BCUT2D eigenvalue weighted by Gasteiger charge is 2.30. The van der Waals surface area contributed by atoms with Crippen LogP contribution in [0.5, 0.6) is 0 Å². The van der Waals surface area contributed by atoms with Gasteiger partial charge in [-0.3, -0.25) is 9.78 Å². The smallest absolute Gasteiger partial charge is 0.254 e. The molecular weight excluding hydrogens is 456 g/mol. The standard InChI is InChI=1S/C27H30N6O3/c1-19-18-32(12-15-36-19)26(34)21-5-2-4-20(16-21)24-23-7-9-33(22-6-3-8-28-17-22)25(23)30-27(29-24)31-10-13-35-14-11-31/h2-6,8,16-17,19H,7,9-15,18H2,1H3. The summed E-state index contributed by atoms with van der Waals surface area (Å²) in [5.41, 5.74) is 4.60. The van der Waals surface area contributed by atoms with Crippen LogP contribution in [0, 0.1) is 0 Å². The number of carbonyl (C=O) groups excluding carboxylic acids is 1. The average Bonchev–Trinajstić information content (AvgIpc) is 3.37. The number of rotatable bonds is 4. The van der Waals surface area contributed by atoms with Gasteiger partial charge in [0.15, 0.2) is 0 Å². The van der Waals surface area contributed by atoms with Crippen molar-refractivity contribution in [2.75, 3.05) is 62.3 Å². The first-order valence-electron chi connectivity index (χ1n) is 12.6. The zero-order valence-corrected chi connectivity index (χ0v) is 20.5. The van der Waals surface area contributed by atoms with Gasteiger partial charge in [0.05, 0.1) is 43.5 Å². The Kier molecular flexibility index (Phi) is 6.25. The fraction of sp³-hybridized carbons (Fsp3) is 0.407. The van der Waals surface area contributed by atoms with Gasteiger partial charge in [0, 0.05) is 55.6 Å². The molecule has 0 aliphatic carbocycles. The van der Waals surface area contributed by atoms with E-state index in [2.05, 4.69) is 20.9 Å². The Morgan fingerprint density at radius 1 is 1.03 bits per heavy atom. The molecule has 3 aliphatic rings. The molecule has 9 heteroatoms. The SMILES string of the molecule is CC1CN(C(=O)c2cccc(-c3nc(N4CCOCC4)nc4c3CCN4c3cccnc3)c2)CCO1. The van der Waals surface area contributed by atoms with Crippen molar-refractivity contribution in [3.8, 4) is 11.3 Å². The van der Waals surface area contributed by atoms with Gasteiger partial charge in [-0.2, -0.15) is 4.98 Å². The third-order valence-electron chi connectivity index (χ3n) is 6.98. The van der Waals surface area contributed by atoms with Crippen LogP contribution in [0.3, 0.4) is 0 Å². The molecular formula is C27H30N6O3. The average molecular weight is 487 g/mol. The lowest BCUT2D eigenvalue weighted by Gasteiger charge is -2.31. The number of amides is 1. The second kappa shape index (κ2) is 9.83. The first-order chi connectivity index (χ1) is 17.7. The van der Waals surface area contributed by atoms with Gasteiger partial charge in [-0.15, -0.1) is 0 Å². The van der Waals surface area contributed by atoms with Crippen molar-refractivity contribution in [3.05, 3.63) is 59.9 Å². The Balaban J connectivity index is 1.41. The largest absolute Gasteiger partial charge is 0.378 e. The molecule has 0 bridgehead atoms. The minimum Gasteiger partial charge on any atom is -0.378 e. The fourth-order valence-corrected chi connectivity index (χ4v) is 5.14. The van der Waals surface area contributed by atoms with E-state index < -0.39 is 0 Å². The summed E-state index contributed by atoms with van der Waals surface area (Å²) in [6, 6.07) is 11.8. The summed E-state index contributed by atoms with van der Waals surface area (Å²) >= 11 is 0. The molecule has 9 nitrogen and oxygen atoms in total. The lowest BCUT2D eigenvalue weighted by Crippen LogP contribution is -2.44. The van der Waals surface area contributed by atoms with Crippen LogP contribution in [-0.2, 0) is 15.9 Å². The molecule has 0 radical (unpaired) electrons. The number of aromatic nitrogens is 3. The van der Waals surface area contributed by atoms with E-state index in [0.29, 0.717) is 44.4 Å². The van der Waals surface area contributed by atoms with Crippen LogP contribution in [0.15, 0.2) is 48.8 Å². The van der Waals surface area contributed by atoms with Crippen molar-refractivity contribution < 1.29 is 14.3 Å². The van der Waals surface area contributed by atoms with E-state index in [1.165, 1.54) is 0 Å². The summed E-state index contributed by atoms with van der Waals surface area (Å²) in [7, 11) is 0. The Labute approximate surface area is 210 Å². The molecule has 186 valence electrons. The maximum absolute atomic E-state index is 13.3. The third kappa shape index (κ3) is 4.40. The summed E-state index contributed by atoms with van der Waals surface area (Å²) in [5, 5.41) is 0. The van der Waals surface area contributed by atoms with Crippen molar-refractivity contribution in [2.24, 2.45) is 0 Å². The number of fused-ring (bicyclic) bond motifs is 1. The number of carbonyl (C=O) groups is 1. The molecule has 2 saturated heterocycles. The van der Waals surface area contributed by atoms with Crippen LogP contribution >= 0.6 is 0 Å². The molecule has 5 heterocycles. The highest BCUT2D eigenvalue weighted by atomic mass is 16.5. The molecule has 1 atom stereocenters. The first kappa shape index (κ1) is 22.9. The van der Waals surface area contributed by atoms with Gasteiger partial charge in [0.1, 0.15) is 5.82 Å². The zero-order chi connectivity index (χ0) is 24.5. The van der Waals surface area contributed by atoms with Gasteiger partial charge in [-0.1, -0.05) is 12.1 Å². The highest BCUT2D eigenvalue weighted by molar-refractivity contribution is 5.95. The first-order valence-corrected chi connectivity index (χ1v) is 12.6. The normalized spacial score (nSPS) is 19.9. The molecule has 1 unspecified atom stereocenters. The zero-order valence-electron chi connectivity index (χ0n) is 20.5. The van der Waals surface area contributed by atoms with Gasteiger partial charge in [-0.05, 0) is 37.6 Å². The quantitative estimate of drug-likeness (QED) is 0.557. The summed E-state index contributed by atoms with van der Waals surface area (Å²) in [6.07, 6.45) is 4.52. The second-order valence-electron chi connectivity index (χ2n) is 9.40. The van der Waals surface area contributed by atoms with Crippen molar-refractivity contribution >= 4 is 23.4 Å². The number of nitrogens with zero attached hydrogens (tertiary/aromatic N) is 6. The molecule has 0 saturated carbocycles. The van der Waals surface area contributed by atoms with E-state index in [1.54, 1.807) is 6.20 Å². The van der Waals surface area contributed by atoms with Crippen molar-refractivity contribution in [2.45, 2.75) is 19.4 Å². The molecule has 1 aromatic carbocycles. The minimum atomic E-state index is 0.0306. The topological polar surface area (TPSA) is 83.9 Å². The number of hydrogen-bond acceptors (Lipinski definition) is 8. The van der Waals surface area contributed by atoms with E-state index in [9.17, 15) is 4.79 Å². The fourth-order valence-electron chi connectivity index (χ4n) is 5.14. The van der Waals surface area contributed by atoms with Crippen LogP contribution in [0.25, 0.3) is 11.3 Å². The van der Waals surface area contributed by atoms with Crippen molar-refractivity contribution in [1.82, 2.24) is 19.9 Å². The molecule has 6 rings (SSSR count). The Bertz CT molecular complexity index is 1250. The summed E-state index contributed by atoms with van der Waals surface area (Å²) < 4.78 is 11.2. The lowest BCUT2D eigenvalue weighted by atomic mass is 10.0. The van der Waals surface area contributed by atoms with Crippen LogP contribution < -0.4 is 9.80 Å². The van der Waals surface area contributed by atoms with E-state index >= 15 is 0 Å². The van der Waals surface area contributed by atoms with Crippen molar-refractivity contribution in [3.63, 3.8) is 0 Å². The van der Waals surface area contributed by atoms with Crippen LogP contribution in [0.1, 0.15) is 22.8 Å². The number of pyridine rings is 1. The maximum Gasteiger partial charge on any atom is 0.254 e. The van der Waals surface area contributed by atoms with Gasteiger partial charge in [-0.25, -0.2) is 4.98 Å². The van der Waals surface area contributed by atoms with E-state index in [4.69, 9.17) is 19.4 Å². The molecule has 36 heavy (non-hydrogen) atoms. The van der Waals surface area contributed by atoms with Gasteiger partial charge < -0.3 is 24.2 Å². The maximum atomic E-state index is 13.3. The molecule has 3 aliphatic heterocycles. The predicted molar refractivity (Wildman–Crippen MR) is 137 cm³/mol. The summed E-state index contributed by atoms with van der Waals surface area (Å²) in [6.45, 7) is 7.40. The molecule has 0 spiro atoms. The molecule has 1 amide bonds. The number of morpholine rings is 2. The van der Waals surface area contributed by atoms with Crippen molar-refractivity contribution in [1.29, 1.82) is 0 Å². The summed E-state index contributed by atoms with van der Waals surface area (Å²) in [4.78, 5) is 34.0. The van der Waals surface area contributed by atoms with Crippen LogP contribution in [-0.4, -0.2) is 84.4 Å². The predicted octanol–water partition coefficient (Wildman–Crippen LogP) is 2.93. The lowest BCUT2D eigenvalue weighted by molar-refractivity contribution is -0.0124. The second-order valence-corrected chi connectivity index (χ2v) is 9.40. The Morgan fingerprint density at radius 2 is 1.92 bits per heavy atom. The number of hydrogen-bond donors (Lipinski definition) is 0. The van der Waals surface area contributed by atoms with Crippen LogP contribution in [0.4, 0.5) is 17.5 Å². The Hall–Kier alpha value is -3.56. The minimum absolute atomic E-state index is 0.0306. The molecule has 2 aromatic heterocycles. The molecule has 0 N–H and O–H groups in total. The highest BCUT2D eigenvalue weighted by Crippen LogP contribution is 2.39. The van der Waals surface area contributed by atoms with Gasteiger partial charge >= 0.3 is 0 Å². The monoisotopic (exact) mass is 486 g/mol. The van der Waals surface area contributed by atoms with Gasteiger partial charge in [0.25, 0.3) is 5.91 Å². The van der Waals surface area contributed by atoms with Crippen LogP contribution in [0.2, 0.25) is 0 Å². The van der Waals surface area contributed by atoms with E-state index in [1.807, 2.05) is 48.4 Å². The third-order valence-corrected chi connectivity index (χ3v) is 6.98. The Morgan fingerprint density at radius 3 is 2.72 bits per heavy atom. The number of anilines is 3. The summed E-state index contributed by atoms with van der Waals surface area (Å²) in [5.74, 6) is 1.64. The number of benzene rings is 1.